The average molecular weight is 356 g/mol. The number of hydrogen-bond donors (Lipinski definition) is 2. The van der Waals surface area contributed by atoms with E-state index in [2.05, 4.69) is 5.32 Å². The number of carbonyl (C=O) groups excluding carboxylic acids is 2. The van der Waals surface area contributed by atoms with Crippen LogP contribution in [-0.2, 0) is 19.1 Å². The summed E-state index contributed by atoms with van der Waals surface area (Å²) < 4.78 is 9.83. The molecule has 1 fully saturated rings. The molecule has 2 amide bonds. The van der Waals surface area contributed by atoms with Crippen LogP contribution in [0.15, 0.2) is 17.5 Å². The number of methoxy groups -OCH3 is 2. The molecule has 0 aliphatic carbocycles. The molecule has 8 heteroatoms. The highest BCUT2D eigenvalue weighted by atomic mass is 32.1. The van der Waals surface area contributed by atoms with Gasteiger partial charge < -0.3 is 24.8 Å². The fourth-order valence-corrected chi connectivity index (χ4v) is 3.88. The smallest absolute Gasteiger partial charge is 0.249 e. The largest absolute Gasteiger partial charge is 0.388 e. The van der Waals surface area contributed by atoms with Gasteiger partial charge in [-0.15, -0.1) is 11.3 Å². The number of aliphatic hydroxyl groups is 1. The van der Waals surface area contributed by atoms with Crippen molar-refractivity contribution in [3.63, 3.8) is 0 Å². The highest BCUT2D eigenvalue weighted by Gasteiger charge is 2.47. The number of carbonyl (C=O) groups is 2. The van der Waals surface area contributed by atoms with Crippen LogP contribution < -0.4 is 5.32 Å². The number of rotatable bonds is 6. The Balaban J connectivity index is 2.35. The molecule has 2 N–H and O–H groups in total. The van der Waals surface area contributed by atoms with E-state index >= 15 is 0 Å². The summed E-state index contributed by atoms with van der Waals surface area (Å²) in [4.78, 5) is 27.1. The van der Waals surface area contributed by atoms with Crippen molar-refractivity contribution in [3.05, 3.63) is 22.4 Å². The quantitative estimate of drug-likeness (QED) is 0.777. The molecule has 2 heterocycles. The van der Waals surface area contributed by atoms with Crippen LogP contribution in [0.3, 0.4) is 0 Å². The van der Waals surface area contributed by atoms with Gasteiger partial charge in [-0.1, -0.05) is 6.07 Å². The van der Waals surface area contributed by atoms with Gasteiger partial charge in [-0.05, 0) is 24.8 Å². The molecule has 0 bridgehead atoms. The molecule has 2 rings (SSSR count). The summed E-state index contributed by atoms with van der Waals surface area (Å²) in [5.41, 5.74) is -1.14. The first-order valence-electron chi connectivity index (χ1n) is 7.73. The zero-order chi connectivity index (χ0) is 17.7. The van der Waals surface area contributed by atoms with Gasteiger partial charge in [0.1, 0.15) is 13.2 Å². The van der Waals surface area contributed by atoms with Crippen molar-refractivity contribution in [2.45, 2.75) is 31.0 Å². The third kappa shape index (κ3) is 4.13. The number of amides is 2. The molecule has 1 aliphatic heterocycles. The first kappa shape index (κ1) is 18.9. The molecule has 0 saturated carbocycles. The Kier molecular flexibility index (Phi) is 6.34. The van der Waals surface area contributed by atoms with E-state index in [0.29, 0.717) is 13.0 Å². The predicted octanol–water partition coefficient (Wildman–Crippen LogP) is 0.550. The summed E-state index contributed by atoms with van der Waals surface area (Å²) in [7, 11) is 2.90. The Morgan fingerprint density at radius 2 is 2.12 bits per heavy atom. The molecule has 134 valence electrons. The Morgan fingerprint density at radius 1 is 1.42 bits per heavy atom. The van der Waals surface area contributed by atoms with Gasteiger partial charge in [0.2, 0.25) is 11.8 Å². The fourth-order valence-electron chi connectivity index (χ4n) is 3.01. The summed E-state index contributed by atoms with van der Waals surface area (Å²) in [6.45, 7) is 1.94. The minimum atomic E-state index is -1.14. The van der Waals surface area contributed by atoms with E-state index in [1.807, 2.05) is 17.5 Å². The van der Waals surface area contributed by atoms with Crippen molar-refractivity contribution in [2.24, 2.45) is 0 Å². The normalized spacial score (nSPS) is 27.1. The van der Waals surface area contributed by atoms with Crippen LogP contribution >= 0.6 is 11.3 Å². The molecule has 1 aromatic heterocycles. The number of ether oxygens (including phenoxy) is 2. The molecule has 1 aliphatic rings. The van der Waals surface area contributed by atoms with Gasteiger partial charge in [0.05, 0.1) is 17.7 Å². The predicted molar refractivity (Wildman–Crippen MR) is 89.7 cm³/mol. The average Bonchev–Trinajstić information content (AvgIpc) is 3.03. The molecule has 3 atom stereocenters. The zero-order valence-electron chi connectivity index (χ0n) is 14.2. The van der Waals surface area contributed by atoms with Crippen molar-refractivity contribution in [2.75, 3.05) is 34.0 Å². The monoisotopic (exact) mass is 356 g/mol. The van der Waals surface area contributed by atoms with Gasteiger partial charge >= 0.3 is 0 Å². The summed E-state index contributed by atoms with van der Waals surface area (Å²) in [6.07, 6.45) is 0.363. The number of likely N-dealkylation sites (tertiary alicyclic amines) is 1. The van der Waals surface area contributed by atoms with E-state index in [0.717, 1.165) is 4.88 Å². The Morgan fingerprint density at radius 3 is 2.71 bits per heavy atom. The summed E-state index contributed by atoms with van der Waals surface area (Å²) >= 11 is 1.49. The fraction of sp³-hybridized carbons (Fsp3) is 0.625. The first-order chi connectivity index (χ1) is 11.4. The summed E-state index contributed by atoms with van der Waals surface area (Å²) in [5, 5.41) is 15.6. The van der Waals surface area contributed by atoms with Gasteiger partial charge in [-0.3, -0.25) is 9.59 Å². The maximum atomic E-state index is 12.5. The first-order valence-corrected chi connectivity index (χ1v) is 8.61. The van der Waals surface area contributed by atoms with Crippen molar-refractivity contribution >= 4 is 23.2 Å². The SMILES string of the molecule is COCC(=O)N[C@H]1[C@H](c2cccs2)N(C(=O)COC)CC[C@@]1(C)O. The molecule has 1 aromatic rings. The van der Waals surface area contributed by atoms with Gasteiger partial charge in [-0.25, -0.2) is 0 Å². The molecular weight excluding hydrogens is 332 g/mol. The van der Waals surface area contributed by atoms with E-state index in [4.69, 9.17) is 9.47 Å². The molecule has 0 aromatic carbocycles. The second-order valence-corrected chi connectivity index (χ2v) is 7.05. The molecule has 0 radical (unpaired) electrons. The van der Waals surface area contributed by atoms with Crippen LogP contribution in [0.1, 0.15) is 24.3 Å². The van der Waals surface area contributed by atoms with Crippen molar-refractivity contribution < 1.29 is 24.2 Å². The number of thiophene rings is 1. The Bertz CT molecular complexity index is 561. The molecule has 0 unspecified atom stereocenters. The van der Waals surface area contributed by atoms with Crippen LogP contribution in [-0.4, -0.2) is 67.4 Å². The van der Waals surface area contributed by atoms with Crippen LogP contribution in [0, 0.1) is 0 Å². The van der Waals surface area contributed by atoms with Crippen molar-refractivity contribution in [1.29, 1.82) is 0 Å². The summed E-state index contributed by atoms with van der Waals surface area (Å²) in [5.74, 6) is -0.497. The van der Waals surface area contributed by atoms with Crippen LogP contribution in [0.2, 0.25) is 0 Å². The van der Waals surface area contributed by atoms with E-state index < -0.39 is 17.7 Å². The lowest BCUT2D eigenvalue weighted by Gasteiger charge is -2.48. The molecule has 24 heavy (non-hydrogen) atoms. The van der Waals surface area contributed by atoms with Crippen LogP contribution in [0.25, 0.3) is 0 Å². The lowest BCUT2D eigenvalue weighted by molar-refractivity contribution is -0.149. The minimum absolute atomic E-state index is 0.0389. The number of piperidine rings is 1. The van der Waals surface area contributed by atoms with Gasteiger partial charge in [-0.2, -0.15) is 0 Å². The van der Waals surface area contributed by atoms with E-state index in [1.165, 1.54) is 25.6 Å². The Labute approximate surface area is 145 Å². The van der Waals surface area contributed by atoms with E-state index in [-0.39, 0.29) is 25.0 Å². The third-order valence-electron chi connectivity index (χ3n) is 4.20. The highest BCUT2D eigenvalue weighted by Crippen LogP contribution is 2.38. The summed E-state index contributed by atoms with van der Waals surface area (Å²) in [6, 6.07) is 2.71. The maximum Gasteiger partial charge on any atom is 0.249 e. The second kappa shape index (κ2) is 8.06. The number of nitrogens with one attached hydrogen (secondary N) is 1. The molecule has 7 nitrogen and oxygen atoms in total. The Hall–Kier alpha value is -1.48. The lowest BCUT2D eigenvalue weighted by atomic mass is 9.81. The lowest BCUT2D eigenvalue weighted by Crippen LogP contribution is -2.63. The number of nitrogens with zero attached hydrogens (tertiary/aromatic N) is 1. The van der Waals surface area contributed by atoms with Crippen LogP contribution in [0.4, 0.5) is 0 Å². The molecule has 1 saturated heterocycles. The van der Waals surface area contributed by atoms with E-state index in [1.54, 1.807) is 11.8 Å². The highest BCUT2D eigenvalue weighted by molar-refractivity contribution is 7.10. The molecular formula is C16H24N2O5S. The van der Waals surface area contributed by atoms with Gasteiger partial charge in [0.15, 0.2) is 0 Å². The standard InChI is InChI=1S/C16H24N2O5S/c1-16(21)6-7-18(13(20)10-23-3)14(11-5-4-8-24-11)15(16)17-12(19)9-22-2/h4-5,8,14-15,21H,6-7,9-10H2,1-3H3,(H,17,19)/t14-,15-,16+/m0/s1. The second-order valence-electron chi connectivity index (χ2n) is 6.07. The van der Waals surface area contributed by atoms with Crippen LogP contribution in [0.5, 0.6) is 0 Å². The molecule has 0 spiro atoms. The zero-order valence-corrected chi connectivity index (χ0v) is 15.0. The van der Waals surface area contributed by atoms with Crippen molar-refractivity contribution in [3.8, 4) is 0 Å². The minimum Gasteiger partial charge on any atom is -0.388 e. The van der Waals surface area contributed by atoms with E-state index in [9.17, 15) is 14.7 Å². The number of hydrogen-bond acceptors (Lipinski definition) is 6. The maximum absolute atomic E-state index is 12.5. The van der Waals surface area contributed by atoms with Gasteiger partial charge in [0, 0.05) is 25.6 Å². The van der Waals surface area contributed by atoms with Crippen molar-refractivity contribution in [1.82, 2.24) is 10.2 Å². The van der Waals surface area contributed by atoms with Gasteiger partial charge in [0.25, 0.3) is 0 Å². The third-order valence-corrected chi connectivity index (χ3v) is 5.14. The topological polar surface area (TPSA) is 88.1 Å².